The lowest BCUT2D eigenvalue weighted by Crippen LogP contribution is -2.28. The number of amides is 1. The van der Waals surface area contributed by atoms with Gasteiger partial charge in [0.2, 0.25) is 5.91 Å². The predicted molar refractivity (Wildman–Crippen MR) is 86.6 cm³/mol. The highest BCUT2D eigenvalue weighted by Crippen LogP contribution is 2.28. The van der Waals surface area contributed by atoms with Crippen LogP contribution in [0.25, 0.3) is 10.9 Å². The number of carbonyl (C=O) groups excluding carboxylic acids is 1. The van der Waals surface area contributed by atoms with E-state index in [2.05, 4.69) is 15.5 Å². The number of H-pyrrole nitrogens is 1. The fraction of sp³-hybridized carbons (Fsp3) is 0.467. The minimum atomic E-state index is 0. The van der Waals surface area contributed by atoms with Gasteiger partial charge in [0, 0.05) is 17.8 Å². The van der Waals surface area contributed by atoms with Crippen LogP contribution in [0.2, 0.25) is 0 Å². The summed E-state index contributed by atoms with van der Waals surface area (Å²) in [6.07, 6.45) is 5.52. The maximum Gasteiger partial charge on any atom is 0.224 e. The topological polar surface area (TPSA) is 83.8 Å². The first kappa shape index (κ1) is 15.8. The number of nitrogens with zero attached hydrogens (tertiary/aromatic N) is 1. The van der Waals surface area contributed by atoms with Crippen molar-refractivity contribution in [2.75, 3.05) is 5.32 Å². The molecule has 5 nitrogen and oxygen atoms in total. The van der Waals surface area contributed by atoms with Gasteiger partial charge in [0.25, 0.3) is 0 Å². The molecular weight excluding hydrogens is 288 g/mol. The third-order valence-electron chi connectivity index (χ3n) is 4.27. The van der Waals surface area contributed by atoms with E-state index in [0.29, 0.717) is 12.3 Å². The van der Waals surface area contributed by atoms with E-state index in [-0.39, 0.29) is 24.4 Å². The molecule has 1 aliphatic carbocycles. The van der Waals surface area contributed by atoms with E-state index in [9.17, 15) is 4.79 Å². The second kappa shape index (κ2) is 6.45. The van der Waals surface area contributed by atoms with Crippen molar-refractivity contribution in [1.29, 1.82) is 0 Å². The van der Waals surface area contributed by atoms with Gasteiger partial charge in [-0.1, -0.05) is 12.5 Å². The van der Waals surface area contributed by atoms with Crippen LogP contribution in [0.4, 0.5) is 5.69 Å². The quantitative estimate of drug-likeness (QED) is 0.815. The molecule has 0 spiro atoms. The van der Waals surface area contributed by atoms with Gasteiger partial charge in [0.05, 0.1) is 17.4 Å². The summed E-state index contributed by atoms with van der Waals surface area (Å²) < 4.78 is 0. The molecule has 1 aromatic heterocycles. The number of hydrogen-bond donors (Lipinski definition) is 3. The molecule has 21 heavy (non-hydrogen) atoms. The molecule has 0 saturated heterocycles. The molecule has 1 saturated carbocycles. The number of aryl methyl sites for hydroxylation is 1. The van der Waals surface area contributed by atoms with Gasteiger partial charge < -0.3 is 11.1 Å². The molecule has 0 radical (unpaired) electrons. The highest BCUT2D eigenvalue weighted by Gasteiger charge is 2.26. The van der Waals surface area contributed by atoms with Crippen molar-refractivity contribution in [3.63, 3.8) is 0 Å². The maximum atomic E-state index is 12.2. The minimum Gasteiger partial charge on any atom is -0.327 e. The summed E-state index contributed by atoms with van der Waals surface area (Å²) in [7, 11) is 0. The molecule has 6 heteroatoms. The van der Waals surface area contributed by atoms with E-state index in [1.165, 1.54) is 0 Å². The highest BCUT2D eigenvalue weighted by atomic mass is 35.5. The van der Waals surface area contributed by atoms with Crippen LogP contribution in [0.1, 0.15) is 31.2 Å². The van der Waals surface area contributed by atoms with E-state index in [4.69, 9.17) is 5.73 Å². The Bertz CT molecular complexity index is 640. The summed E-state index contributed by atoms with van der Waals surface area (Å²) in [5, 5.41) is 11.0. The number of nitrogens with two attached hydrogens (primary N) is 1. The molecule has 114 valence electrons. The second-order valence-corrected chi connectivity index (χ2v) is 5.70. The number of hydrogen-bond acceptors (Lipinski definition) is 3. The lowest BCUT2D eigenvalue weighted by atomic mass is 10.00. The lowest BCUT2D eigenvalue weighted by Gasteiger charge is -2.15. The second-order valence-electron chi connectivity index (χ2n) is 5.70. The van der Waals surface area contributed by atoms with Crippen LogP contribution in [0, 0.1) is 12.8 Å². The molecule has 2 atom stereocenters. The number of halogens is 1. The number of fused-ring (bicyclic) bond motifs is 1. The molecule has 0 unspecified atom stereocenters. The molecule has 1 aromatic carbocycles. The van der Waals surface area contributed by atoms with E-state index < -0.39 is 0 Å². The first-order valence-corrected chi connectivity index (χ1v) is 7.13. The zero-order valence-corrected chi connectivity index (χ0v) is 12.9. The average Bonchev–Trinajstić information content (AvgIpc) is 3.04. The van der Waals surface area contributed by atoms with Crippen molar-refractivity contribution in [2.45, 2.75) is 38.6 Å². The summed E-state index contributed by atoms with van der Waals surface area (Å²) in [4.78, 5) is 12.2. The maximum absolute atomic E-state index is 12.2. The highest BCUT2D eigenvalue weighted by molar-refractivity contribution is 6.01. The van der Waals surface area contributed by atoms with Crippen LogP contribution in [-0.4, -0.2) is 22.1 Å². The zero-order valence-electron chi connectivity index (χ0n) is 12.1. The Morgan fingerprint density at radius 2 is 2.29 bits per heavy atom. The summed E-state index contributed by atoms with van der Waals surface area (Å²) >= 11 is 0. The molecule has 0 aliphatic heterocycles. The standard InChI is InChI=1S/C15H20N4O.ClH/c1-9-5-6-13(15-11(9)8-17-19-15)18-14(20)7-10-3-2-4-12(10)16;/h5-6,8,10,12H,2-4,7,16H2,1H3,(H,17,19)(H,18,20);1H/t10-,12+;/m0./s1. The van der Waals surface area contributed by atoms with E-state index in [1.807, 2.05) is 19.1 Å². The van der Waals surface area contributed by atoms with Crippen molar-refractivity contribution in [3.8, 4) is 0 Å². The molecule has 4 N–H and O–H groups in total. The van der Waals surface area contributed by atoms with Crippen LogP contribution in [-0.2, 0) is 4.79 Å². The number of carbonyl (C=O) groups is 1. The third kappa shape index (κ3) is 3.19. The van der Waals surface area contributed by atoms with Crippen LogP contribution in [0.3, 0.4) is 0 Å². The van der Waals surface area contributed by atoms with Crippen LogP contribution >= 0.6 is 12.4 Å². The summed E-state index contributed by atoms with van der Waals surface area (Å²) in [6.45, 7) is 2.03. The molecule has 1 fully saturated rings. The Morgan fingerprint density at radius 1 is 1.48 bits per heavy atom. The van der Waals surface area contributed by atoms with Gasteiger partial charge in [-0.15, -0.1) is 12.4 Å². The number of nitrogens with one attached hydrogen (secondary N) is 2. The first-order valence-electron chi connectivity index (χ1n) is 7.13. The van der Waals surface area contributed by atoms with Crippen molar-refractivity contribution in [2.24, 2.45) is 11.7 Å². The number of benzene rings is 1. The van der Waals surface area contributed by atoms with Gasteiger partial charge in [-0.05, 0) is 37.3 Å². The summed E-state index contributed by atoms with van der Waals surface area (Å²) in [5.74, 6) is 0.352. The minimum absolute atomic E-state index is 0. The van der Waals surface area contributed by atoms with Gasteiger partial charge in [-0.3, -0.25) is 9.89 Å². The van der Waals surface area contributed by atoms with E-state index >= 15 is 0 Å². The Balaban J connectivity index is 0.00000161. The Hall–Kier alpha value is -1.59. The number of aromatic amines is 1. The fourth-order valence-corrected chi connectivity index (χ4v) is 3.03. The normalized spacial score (nSPS) is 21.2. The number of anilines is 1. The monoisotopic (exact) mass is 308 g/mol. The van der Waals surface area contributed by atoms with Crippen LogP contribution in [0.5, 0.6) is 0 Å². The smallest absolute Gasteiger partial charge is 0.224 e. The summed E-state index contributed by atoms with van der Waals surface area (Å²) in [5.41, 5.74) is 8.84. The molecule has 3 rings (SSSR count). The van der Waals surface area contributed by atoms with E-state index in [0.717, 1.165) is 41.4 Å². The Kier molecular flexibility index (Phi) is 4.85. The molecule has 0 bridgehead atoms. The van der Waals surface area contributed by atoms with Crippen molar-refractivity contribution in [3.05, 3.63) is 23.9 Å². The van der Waals surface area contributed by atoms with Gasteiger partial charge in [0.15, 0.2) is 0 Å². The first-order chi connectivity index (χ1) is 9.65. The third-order valence-corrected chi connectivity index (χ3v) is 4.27. The molecule has 1 amide bonds. The van der Waals surface area contributed by atoms with Crippen molar-refractivity contribution >= 4 is 34.9 Å². The van der Waals surface area contributed by atoms with Crippen molar-refractivity contribution < 1.29 is 4.79 Å². The zero-order chi connectivity index (χ0) is 14.1. The molecule has 1 heterocycles. The van der Waals surface area contributed by atoms with Gasteiger partial charge in [-0.2, -0.15) is 5.10 Å². The van der Waals surface area contributed by atoms with Crippen LogP contribution in [0.15, 0.2) is 18.3 Å². The van der Waals surface area contributed by atoms with Crippen LogP contribution < -0.4 is 11.1 Å². The van der Waals surface area contributed by atoms with Crippen molar-refractivity contribution in [1.82, 2.24) is 10.2 Å². The molecule has 1 aliphatic rings. The van der Waals surface area contributed by atoms with Gasteiger partial charge in [0.1, 0.15) is 0 Å². The number of aromatic nitrogens is 2. The Morgan fingerprint density at radius 3 is 3.00 bits per heavy atom. The molecular formula is C15H21ClN4O. The van der Waals surface area contributed by atoms with E-state index in [1.54, 1.807) is 6.20 Å². The largest absolute Gasteiger partial charge is 0.327 e. The SMILES string of the molecule is Cc1ccc(NC(=O)C[C@@H]2CCC[C@H]2N)c2[nH]ncc12.Cl. The number of rotatable bonds is 3. The fourth-order valence-electron chi connectivity index (χ4n) is 3.03. The van der Waals surface area contributed by atoms with Gasteiger partial charge >= 0.3 is 0 Å². The lowest BCUT2D eigenvalue weighted by molar-refractivity contribution is -0.117. The summed E-state index contributed by atoms with van der Waals surface area (Å²) in [6, 6.07) is 4.09. The molecule has 2 aromatic rings. The average molecular weight is 309 g/mol. The Labute approximate surface area is 130 Å². The predicted octanol–water partition coefficient (Wildman–Crippen LogP) is 2.75. The van der Waals surface area contributed by atoms with Gasteiger partial charge in [-0.25, -0.2) is 0 Å².